The lowest BCUT2D eigenvalue weighted by molar-refractivity contribution is 0.00578. The van der Waals surface area contributed by atoms with Crippen molar-refractivity contribution >= 4 is 24.6 Å². The fourth-order valence-electron chi connectivity index (χ4n) is 3.57. The molecule has 0 spiro atoms. The van der Waals surface area contributed by atoms with Gasteiger partial charge in [-0.25, -0.2) is 4.79 Å². The fraction of sp³-hybridized carbons (Fsp3) is 0.636. The zero-order valence-corrected chi connectivity index (χ0v) is 19.1. The van der Waals surface area contributed by atoms with Crippen LogP contribution < -0.4 is 10.8 Å². The van der Waals surface area contributed by atoms with Gasteiger partial charge in [0.05, 0.1) is 17.2 Å². The van der Waals surface area contributed by atoms with Crippen LogP contribution in [0.15, 0.2) is 24.3 Å². The summed E-state index contributed by atoms with van der Waals surface area (Å²) >= 11 is 0. The second-order valence-electron chi connectivity index (χ2n) is 10.1. The maximum atomic E-state index is 13.3. The average molecular weight is 416 g/mol. The molecule has 1 unspecified atom stereocenters. The highest BCUT2D eigenvalue weighted by atomic mass is 16.7. The summed E-state index contributed by atoms with van der Waals surface area (Å²) < 4.78 is 17.6. The average Bonchev–Trinajstić information content (AvgIpc) is 3.14. The maximum absolute atomic E-state index is 13.3. The smallest absolute Gasteiger partial charge is 0.444 e. The SMILES string of the molecule is CC(C)(C)OC(=O)NC1CCN(C(=O)c2ccccc2B2OC(C)(C)C(C)(C)O2)C1. The van der Waals surface area contributed by atoms with E-state index in [-0.39, 0.29) is 11.9 Å². The van der Waals surface area contributed by atoms with Crippen molar-refractivity contribution in [2.75, 3.05) is 13.1 Å². The molecule has 2 amide bonds. The van der Waals surface area contributed by atoms with Crippen molar-refractivity contribution in [1.82, 2.24) is 10.2 Å². The molecule has 2 fully saturated rings. The maximum Gasteiger partial charge on any atom is 0.495 e. The zero-order chi connectivity index (χ0) is 22.3. The lowest BCUT2D eigenvalue weighted by Crippen LogP contribution is -2.43. The standard InChI is InChI=1S/C22H33BN2O5/c1-20(2,3)28-19(27)24-15-12-13-25(14-15)18(26)16-10-8-9-11-17(16)23-29-21(4,5)22(6,7)30-23/h8-11,15H,12-14H2,1-7H3,(H,24,27). The van der Waals surface area contributed by atoms with Crippen LogP contribution in [0.4, 0.5) is 4.79 Å². The summed E-state index contributed by atoms with van der Waals surface area (Å²) in [5.74, 6) is -0.0891. The van der Waals surface area contributed by atoms with Gasteiger partial charge >= 0.3 is 13.2 Å². The molecule has 0 aliphatic carbocycles. The van der Waals surface area contributed by atoms with Gasteiger partial charge in [0.15, 0.2) is 0 Å². The second-order valence-corrected chi connectivity index (χ2v) is 10.1. The van der Waals surface area contributed by atoms with Crippen LogP contribution in [0.1, 0.15) is 65.2 Å². The molecule has 1 aromatic carbocycles. The summed E-state index contributed by atoms with van der Waals surface area (Å²) in [4.78, 5) is 27.1. The molecule has 8 heteroatoms. The minimum atomic E-state index is -0.603. The van der Waals surface area contributed by atoms with Crippen LogP contribution in [0.5, 0.6) is 0 Å². The van der Waals surface area contributed by atoms with Crippen LogP contribution in [-0.4, -0.2) is 60.0 Å². The Labute approximate surface area is 179 Å². The lowest BCUT2D eigenvalue weighted by Gasteiger charge is -2.32. The third kappa shape index (κ3) is 4.81. The van der Waals surface area contributed by atoms with Crippen LogP contribution in [0.25, 0.3) is 0 Å². The summed E-state index contributed by atoms with van der Waals surface area (Å²) in [5, 5.41) is 2.86. The predicted molar refractivity (Wildman–Crippen MR) is 116 cm³/mol. The van der Waals surface area contributed by atoms with E-state index in [0.29, 0.717) is 25.1 Å². The number of ether oxygens (including phenoxy) is 1. The Morgan fingerprint density at radius 3 is 2.33 bits per heavy atom. The van der Waals surface area contributed by atoms with Gasteiger partial charge in [-0.05, 0) is 66.4 Å². The Kier molecular flexibility index (Phi) is 5.95. The molecule has 2 aliphatic heterocycles. The van der Waals surface area contributed by atoms with E-state index in [2.05, 4.69) is 5.32 Å². The van der Waals surface area contributed by atoms with E-state index in [1.54, 1.807) is 11.0 Å². The summed E-state index contributed by atoms with van der Waals surface area (Å²) in [7, 11) is -0.603. The summed E-state index contributed by atoms with van der Waals surface area (Å²) in [6.45, 7) is 14.4. The van der Waals surface area contributed by atoms with Gasteiger partial charge in [-0.2, -0.15) is 0 Å². The van der Waals surface area contributed by atoms with E-state index in [1.165, 1.54) is 0 Å². The lowest BCUT2D eigenvalue weighted by atomic mass is 9.75. The molecule has 1 N–H and O–H groups in total. The quantitative estimate of drug-likeness (QED) is 0.767. The molecular weight excluding hydrogens is 383 g/mol. The van der Waals surface area contributed by atoms with Crippen LogP contribution in [-0.2, 0) is 14.0 Å². The fourth-order valence-corrected chi connectivity index (χ4v) is 3.57. The number of nitrogens with zero attached hydrogens (tertiary/aromatic N) is 1. The van der Waals surface area contributed by atoms with E-state index in [0.717, 1.165) is 5.46 Å². The van der Waals surface area contributed by atoms with Crippen molar-refractivity contribution < 1.29 is 23.6 Å². The van der Waals surface area contributed by atoms with Crippen molar-refractivity contribution in [3.63, 3.8) is 0 Å². The Bertz CT molecular complexity index is 802. The number of hydrogen-bond acceptors (Lipinski definition) is 5. The van der Waals surface area contributed by atoms with Crippen LogP contribution in [0.2, 0.25) is 0 Å². The molecule has 2 heterocycles. The number of carbonyl (C=O) groups excluding carboxylic acids is 2. The molecule has 2 aliphatic rings. The monoisotopic (exact) mass is 416 g/mol. The van der Waals surface area contributed by atoms with Gasteiger partial charge in [0, 0.05) is 18.7 Å². The van der Waals surface area contributed by atoms with Gasteiger partial charge in [0.25, 0.3) is 5.91 Å². The van der Waals surface area contributed by atoms with E-state index >= 15 is 0 Å². The molecule has 0 radical (unpaired) electrons. The Morgan fingerprint density at radius 1 is 1.13 bits per heavy atom. The zero-order valence-electron chi connectivity index (χ0n) is 19.1. The summed E-state index contributed by atoms with van der Waals surface area (Å²) in [6.07, 6.45) is 0.225. The minimum absolute atomic E-state index is 0.0891. The highest BCUT2D eigenvalue weighted by Crippen LogP contribution is 2.36. The van der Waals surface area contributed by atoms with E-state index in [1.807, 2.05) is 66.7 Å². The largest absolute Gasteiger partial charge is 0.495 e. The molecule has 0 aromatic heterocycles. The van der Waals surface area contributed by atoms with Crippen LogP contribution in [0, 0.1) is 0 Å². The van der Waals surface area contributed by atoms with Gasteiger partial charge in [-0.3, -0.25) is 4.79 Å². The minimum Gasteiger partial charge on any atom is -0.444 e. The van der Waals surface area contributed by atoms with Gasteiger partial charge in [0.2, 0.25) is 0 Å². The summed E-state index contributed by atoms with van der Waals surface area (Å²) in [5.41, 5.74) is -0.230. The number of carbonyl (C=O) groups is 2. The molecule has 1 atom stereocenters. The van der Waals surface area contributed by atoms with Crippen molar-refractivity contribution in [3.05, 3.63) is 29.8 Å². The van der Waals surface area contributed by atoms with Crippen molar-refractivity contribution in [3.8, 4) is 0 Å². The molecule has 2 saturated heterocycles. The molecule has 7 nitrogen and oxygen atoms in total. The van der Waals surface area contributed by atoms with Crippen molar-refractivity contribution in [1.29, 1.82) is 0 Å². The van der Waals surface area contributed by atoms with Gasteiger partial charge in [-0.15, -0.1) is 0 Å². The van der Waals surface area contributed by atoms with Crippen molar-refractivity contribution in [2.45, 2.75) is 77.7 Å². The first-order valence-corrected chi connectivity index (χ1v) is 10.5. The normalized spacial score (nSPS) is 22.8. The third-order valence-electron chi connectivity index (χ3n) is 5.89. The molecule has 0 bridgehead atoms. The van der Waals surface area contributed by atoms with E-state index in [4.69, 9.17) is 14.0 Å². The van der Waals surface area contributed by atoms with Crippen molar-refractivity contribution in [2.24, 2.45) is 0 Å². The Hall–Kier alpha value is -2.06. The molecule has 1 aromatic rings. The van der Waals surface area contributed by atoms with Crippen LogP contribution >= 0.6 is 0 Å². The number of rotatable bonds is 3. The molecule has 164 valence electrons. The highest BCUT2D eigenvalue weighted by Gasteiger charge is 2.52. The van der Waals surface area contributed by atoms with Crippen LogP contribution in [0.3, 0.4) is 0 Å². The number of amides is 2. The van der Waals surface area contributed by atoms with E-state index < -0.39 is 30.0 Å². The Balaban J connectivity index is 1.70. The first-order valence-electron chi connectivity index (χ1n) is 10.5. The number of benzene rings is 1. The van der Waals surface area contributed by atoms with E-state index in [9.17, 15) is 9.59 Å². The third-order valence-corrected chi connectivity index (χ3v) is 5.89. The first kappa shape index (κ1) is 22.6. The number of likely N-dealkylation sites (tertiary alicyclic amines) is 1. The predicted octanol–water partition coefficient (Wildman–Crippen LogP) is 2.73. The summed E-state index contributed by atoms with van der Waals surface area (Å²) in [6, 6.07) is 7.27. The van der Waals surface area contributed by atoms with Gasteiger partial charge < -0.3 is 24.3 Å². The first-order chi connectivity index (χ1) is 13.8. The Morgan fingerprint density at radius 2 is 1.73 bits per heavy atom. The highest BCUT2D eigenvalue weighted by molar-refractivity contribution is 6.63. The van der Waals surface area contributed by atoms with Gasteiger partial charge in [0.1, 0.15) is 5.60 Å². The topological polar surface area (TPSA) is 77.1 Å². The van der Waals surface area contributed by atoms with Gasteiger partial charge in [-0.1, -0.05) is 18.2 Å². The molecule has 30 heavy (non-hydrogen) atoms. The molecule has 3 rings (SSSR count). The number of alkyl carbamates (subject to hydrolysis) is 1. The second kappa shape index (κ2) is 7.89. The number of nitrogens with one attached hydrogen (secondary N) is 1. The number of hydrogen-bond donors (Lipinski definition) is 1. The molecule has 0 saturated carbocycles. The molecular formula is C22H33BN2O5.